The minimum atomic E-state index is 0. The largest absolute Gasteiger partial charge is 1.00 e. The van der Waals surface area contributed by atoms with Gasteiger partial charge in [0, 0.05) is 0 Å². The van der Waals surface area contributed by atoms with Crippen molar-refractivity contribution >= 4 is 0 Å². The Morgan fingerprint density at radius 3 is 0.167 bits per heavy atom. The van der Waals surface area contributed by atoms with Gasteiger partial charge in [0.05, 0.1) is 0 Å². The molecule has 0 heterocycles. The minimum Gasteiger partial charge on any atom is -1.00 e. The van der Waals surface area contributed by atoms with Crippen molar-refractivity contribution < 1.29 is 383 Å². The van der Waals surface area contributed by atoms with Crippen LogP contribution in [-0.2, 0) is 0 Å². The second kappa shape index (κ2) is 78.5. The number of rotatable bonds is 0. The van der Waals surface area contributed by atoms with Crippen LogP contribution in [0.3, 0.4) is 0 Å². The molecule has 0 atom stereocenters. The summed E-state index contributed by atoms with van der Waals surface area (Å²) in [6, 6.07) is 0. The van der Waals surface area contributed by atoms with Gasteiger partial charge in [0.25, 0.3) is 0 Å². The molecule has 0 nitrogen and oxygen atoms in total. The molecule has 0 unspecified atom stereocenters. The van der Waals surface area contributed by atoms with Gasteiger partial charge in [-0.05, 0) is 0 Å². The van der Waals surface area contributed by atoms with Crippen molar-refractivity contribution in [2.45, 2.75) is 0 Å². The fourth-order valence-electron chi connectivity index (χ4n) is 0. The maximum absolute atomic E-state index is 0. The summed E-state index contributed by atoms with van der Waals surface area (Å²) < 4.78 is 0. The average Bonchev–Trinajstić information content (AvgIpc) is 0. The molecule has 0 saturated heterocycles. The maximum Gasteiger partial charge on any atom is 1.00 e. The molecule has 12 heavy (non-hydrogen) atoms. The van der Waals surface area contributed by atoms with Crippen molar-refractivity contribution in [3.8, 4) is 0 Å². The first-order chi connectivity index (χ1) is 0. The zero-order chi connectivity index (χ0) is 0. The van der Waals surface area contributed by atoms with Crippen molar-refractivity contribution in [2.75, 3.05) is 0 Å². The Bertz CT molecular complexity index is 12.0. The van der Waals surface area contributed by atoms with Gasteiger partial charge in [-0.2, -0.15) is 0 Å². The Labute approximate surface area is 368 Å². The van der Waals surface area contributed by atoms with E-state index in [1.807, 2.05) is 0 Å². The molecule has 0 amide bonds. The van der Waals surface area contributed by atoms with E-state index in [0.29, 0.717) is 0 Å². The molecular weight excluding hydrogens is 447 g/mol. The Balaban J connectivity index is 0. The summed E-state index contributed by atoms with van der Waals surface area (Å²) in [6.45, 7) is 0. The third-order valence-corrected chi connectivity index (χ3v) is 0. The van der Waals surface area contributed by atoms with Gasteiger partial charge in [-0.1, -0.05) is 0 Å². The second-order valence-electron chi connectivity index (χ2n) is 0. The Hall–Kier alpha value is 11.6. The zero-order valence-electron chi connectivity index (χ0n) is 8.27. The van der Waals surface area contributed by atoms with Gasteiger partial charge in [0.15, 0.2) is 0 Å². The van der Waals surface area contributed by atoms with Crippen LogP contribution in [0.2, 0.25) is 0 Å². The minimum absolute atomic E-state index is 0. The van der Waals surface area contributed by atoms with Crippen LogP contribution in [0.4, 0.5) is 0 Å². The molecule has 0 saturated carbocycles. The van der Waals surface area contributed by atoms with E-state index in [4.69, 9.17) is 0 Å². The van der Waals surface area contributed by atoms with Crippen LogP contribution in [0.25, 0.3) is 0 Å². The quantitative estimate of drug-likeness (QED) is 0.324. The van der Waals surface area contributed by atoms with E-state index in [0.717, 1.165) is 0 Å². The van der Waals surface area contributed by atoms with Crippen LogP contribution in [0.15, 0.2) is 0 Å². The van der Waals surface area contributed by atoms with Crippen LogP contribution >= 0.6 is 0 Å². The standard InChI is InChI=1S/6ClH.6K/h6*1H;;;;;;/q;;;;;;6*+1/p-6. The van der Waals surface area contributed by atoms with Crippen LogP contribution < -0.4 is 383 Å². The van der Waals surface area contributed by atoms with Crippen molar-refractivity contribution in [2.24, 2.45) is 0 Å². The SMILES string of the molecule is [Cl-].[Cl-].[Cl-].[Cl-].[Cl-].[Cl-].[K+].[K+].[K+].[K+].[K+].[K+]. The van der Waals surface area contributed by atoms with Gasteiger partial charge >= 0.3 is 308 Å². The molecule has 0 N–H and O–H groups in total. The number of hydrogen-bond donors (Lipinski definition) is 0. The third-order valence-electron chi connectivity index (χ3n) is 0. The van der Waals surface area contributed by atoms with E-state index >= 15 is 0 Å². The molecule has 0 fully saturated rings. The van der Waals surface area contributed by atoms with E-state index in [9.17, 15) is 0 Å². The maximum atomic E-state index is 0. The van der Waals surface area contributed by atoms with Crippen molar-refractivity contribution in [3.05, 3.63) is 0 Å². The van der Waals surface area contributed by atoms with Gasteiger partial charge in [-0.3, -0.25) is 0 Å². The van der Waals surface area contributed by atoms with E-state index in [2.05, 4.69) is 0 Å². The molecule has 0 aliphatic heterocycles. The van der Waals surface area contributed by atoms with Gasteiger partial charge in [-0.25, -0.2) is 0 Å². The first kappa shape index (κ1) is 89.7. The molecule has 48 valence electrons. The molecular formula is Cl6K6. The van der Waals surface area contributed by atoms with Crippen molar-refractivity contribution in [1.29, 1.82) is 0 Å². The molecule has 0 spiro atoms. The normalized spacial score (nSPS) is 0. The predicted molar refractivity (Wildman–Crippen MR) is 0 cm³/mol. The van der Waals surface area contributed by atoms with Crippen LogP contribution in [-0.4, -0.2) is 0 Å². The summed E-state index contributed by atoms with van der Waals surface area (Å²) in [4.78, 5) is 0. The van der Waals surface area contributed by atoms with Crippen LogP contribution in [0, 0.1) is 0 Å². The average molecular weight is 447 g/mol. The van der Waals surface area contributed by atoms with Gasteiger partial charge in [0.2, 0.25) is 0 Å². The Morgan fingerprint density at radius 1 is 0.167 bits per heavy atom. The summed E-state index contributed by atoms with van der Waals surface area (Å²) in [5, 5.41) is 0. The second-order valence-corrected chi connectivity index (χ2v) is 0. The summed E-state index contributed by atoms with van der Waals surface area (Å²) in [7, 11) is 0. The Morgan fingerprint density at radius 2 is 0.167 bits per heavy atom. The molecule has 0 aliphatic rings. The van der Waals surface area contributed by atoms with Gasteiger partial charge < -0.3 is 74.4 Å². The van der Waals surface area contributed by atoms with Gasteiger partial charge in [-0.15, -0.1) is 0 Å². The zero-order valence-corrected chi connectivity index (χ0v) is 31.5. The van der Waals surface area contributed by atoms with Crippen LogP contribution in [0.1, 0.15) is 0 Å². The molecule has 0 aromatic rings. The molecule has 0 radical (unpaired) electrons. The fraction of sp³-hybridized carbons (Fsp3) is 0. The molecule has 0 aromatic heterocycles. The van der Waals surface area contributed by atoms with Crippen LogP contribution in [0.5, 0.6) is 0 Å². The molecule has 0 aromatic carbocycles. The molecule has 0 aliphatic carbocycles. The van der Waals surface area contributed by atoms with E-state index in [-0.39, 0.29) is 383 Å². The monoisotopic (exact) mass is 444 g/mol. The third kappa shape index (κ3) is 68.2. The van der Waals surface area contributed by atoms with Crippen molar-refractivity contribution in [1.82, 2.24) is 0 Å². The van der Waals surface area contributed by atoms with Gasteiger partial charge in [0.1, 0.15) is 0 Å². The molecule has 0 bridgehead atoms. The first-order valence-electron chi connectivity index (χ1n) is 0. The van der Waals surface area contributed by atoms with E-state index in [1.54, 1.807) is 0 Å². The number of halogens is 6. The van der Waals surface area contributed by atoms with E-state index in [1.165, 1.54) is 0 Å². The summed E-state index contributed by atoms with van der Waals surface area (Å²) in [5.74, 6) is 0. The summed E-state index contributed by atoms with van der Waals surface area (Å²) in [6.07, 6.45) is 0. The van der Waals surface area contributed by atoms with Crippen molar-refractivity contribution in [3.63, 3.8) is 0 Å². The predicted octanol–water partition coefficient (Wildman–Crippen LogP) is -36.0. The fourth-order valence-corrected chi connectivity index (χ4v) is 0. The summed E-state index contributed by atoms with van der Waals surface area (Å²) in [5.41, 5.74) is 0. The Kier molecular flexibility index (Phi) is 587. The molecule has 12 heteroatoms. The topological polar surface area (TPSA) is 0 Å². The first-order valence-corrected chi connectivity index (χ1v) is 0. The van der Waals surface area contributed by atoms with E-state index < -0.39 is 0 Å². The number of hydrogen-bond acceptors (Lipinski definition) is 0. The molecule has 0 rings (SSSR count). The smallest absolute Gasteiger partial charge is 1.00 e. The summed E-state index contributed by atoms with van der Waals surface area (Å²) >= 11 is 0.